The maximum Gasteiger partial charge on any atom is 0.407 e. The highest BCUT2D eigenvalue weighted by Gasteiger charge is 2.75. The Labute approximate surface area is 347 Å². The molecule has 326 valence electrons. The molecule has 1 heterocycles. The van der Waals surface area contributed by atoms with Crippen LogP contribution in [-0.4, -0.2) is 100 Å². The number of hydrogen-bond acceptors (Lipinski definition) is 13. The molecule has 1 amide bonds. The predicted molar refractivity (Wildman–Crippen MR) is 212 cm³/mol. The normalized spacial score (nSPS) is 35.2. The molecular formula is C45H63NO13. The first kappa shape index (κ1) is 44.7. The highest BCUT2D eigenvalue weighted by Crippen LogP contribution is 2.63. The lowest BCUT2D eigenvalue weighted by atomic mass is 9.46. The Kier molecular flexibility index (Phi) is 12.0. The summed E-state index contributed by atoms with van der Waals surface area (Å²) in [6, 6.07) is 8.40. The van der Waals surface area contributed by atoms with Crippen molar-refractivity contribution in [1.82, 2.24) is 5.32 Å². The first-order valence-electron chi connectivity index (χ1n) is 20.9. The highest BCUT2D eigenvalue weighted by atomic mass is 16.6. The van der Waals surface area contributed by atoms with Crippen LogP contribution >= 0.6 is 0 Å². The minimum atomic E-state index is -1.79. The third-order valence-corrected chi connectivity index (χ3v) is 13.8. The zero-order chi connectivity index (χ0) is 43.6. The average Bonchev–Trinajstić information content (AvgIpc) is 3.78. The summed E-state index contributed by atoms with van der Waals surface area (Å²) in [5, 5.41) is 26.5. The number of fused-ring (bicyclic) bond motifs is 5. The second-order valence-corrected chi connectivity index (χ2v) is 19.7. The van der Waals surface area contributed by atoms with Crippen LogP contribution in [0.15, 0.2) is 41.5 Å². The second-order valence-electron chi connectivity index (χ2n) is 19.7. The van der Waals surface area contributed by atoms with Crippen LogP contribution in [0, 0.1) is 34.0 Å². The van der Waals surface area contributed by atoms with Gasteiger partial charge in [-0.25, -0.2) is 9.59 Å². The number of esters is 3. The number of benzene rings is 1. The molecule has 3 N–H and O–H groups in total. The lowest BCUT2D eigenvalue weighted by Gasteiger charge is -2.66. The van der Waals surface area contributed by atoms with E-state index in [1.807, 2.05) is 58.0 Å². The van der Waals surface area contributed by atoms with E-state index in [2.05, 4.69) is 5.32 Å². The summed E-state index contributed by atoms with van der Waals surface area (Å²) in [5.74, 6) is -4.77. The molecule has 1 saturated heterocycles. The standard InChI is InChI=1S/C45H63NO13/c1-12-31(49)57-36-32-23(2)28(56-39(52)34(50)33(27-20-42(27,7)8)46-40(53)59-41(4,5)6)18-26(43(32,9)10)35(54-21-25-16-14-13-15-17-25)37-44(11,38(36)51)29(48)19-30-45(37,22-55-30)58-24(3)47/h13-17,26-30,33-37,48,50H,12,18-22H2,1-11H3,(H,46,53)/t26?,27-,28+,29+,30-,33+,34-,35-,36?,37?,44-,45+/m1/s1. The van der Waals surface area contributed by atoms with Gasteiger partial charge in [0.15, 0.2) is 23.6 Å². The molecule has 3 unspecified atom stereocenters. The number of carbonyl (C=O) groups is 5. The van der Waals surface area contributed by atoms with Gasteiger partial charge in [0.1, 0.15) is 17.8 Å². The van der Waals surface area contributed by atoms with E-state index in [1.54, 1.807) is 41.5 Å². The van der Waals surface area contributed by atoms with Crippen molar-refractivity contribution < 1.29 is 62.6 Å². The van der Waals surface area contributed by atoms with Gasteiger partial charge in [0, 0.05) is 25.7 Å². The van der Waals surface area contributed by atoms with Crippen molar-refractivity contribution in [2.75, 3.05) is 6.61 Å². The van der Waals surface area contributed by atoms with Gasteiger partial charge in [-0.1, -0.05) is 65.0 Å². The molecule has 4 fully saturated rings. The number of alkyl carbamates (subject to hydrolysis) is 1. The van der Waals surface area contributed by atoms with Crippen LogP contribution in [0.3, 0.4) is 0 Å². The molecule has 59 heavy (non-hydrogen) atoms. The van der Waals surface area contributed by atoms with Gasteiger partial charge in [-0.3, -0.25) is 14.4 Å². The molecule has 0 radical (unpaired) electrons. The second kappa shape index (κ2) is 15.9. The summed E-state index contributed by atoms with van der Waals surface area (Å²) in [6.07, 6.45) is -7.49. The molecule has 14 heteroatoms. The minimum Gasteiger partial charge on any atom is -0.456 e. The predicted octanol–water partition coefficient (Wildman–Crippen LogP) is 5.14. The van der Waals surface area contributed by atoms with Crippen LogP contribution in [0.5, 0.6) is 0 Å². The van der Waals surface area contributed by atoms with E-state index in [9.17, 15) is 29.4 Å². The molecule has 0 spiro atoms. The zero-order valence-electron chi connectivity index (χ0n) is 36.3. The first-order chi connectivity index (χ1) is 27.4. The van der Waals surface area contributed by atoms with Gasteiger partial charge >= 0.3 is 24.0 Å². The summed E-state index contributed by atoms with van der Waals surface area (Å²) < 4.78 is 37.0. The third-order valence-electron chi connectivity index (χ3n) is 13.8. The fraction of sp³-hybridized carbons (Fsp3) is 0.711. The van der Waals surface area contributed by atoms with E-state index in [0.29, 0.717) is 17.6 Å². The van der Waals surface area contributed by atoms with Crippen LogP contribution in [0.1, 0.15) is 107 Å². The van der Waals surface area contributed by atoms with Gasteiger partial charge in [-0.05, 0) is 86.8 Å². The van der Waals surface area contributed by atoms with Crippen LogP contribution in [0.2, 0.25) is 0 Å². The monoisotopic (exact) mass is 825 g/mol. The molecule has 1 aromatic carbocycles. The van der Waals surface area contributed by atoms with E-state index in [-0.39, 0.29) is 43.8 Å². The molecule has 6 rings (SSSR count). The number of aliphatic hydroxyl groups excluding tert-OH is 2. The zero-order valence-corrected chi connectivity index (χ0v) is 36.3. The molecule has 2 bridgehead atoms. The summed E-state index contributed by atoms with van der Waals surface area (Å²) in [7, 11) is 0. The Balaban J connectivity index is 1.48. The summed E-state index contributed by atoms with van der Waals surface area (Å²) >= 11 is 0. The minimum absolute atomic E-state index is 0.0214. The Morgan fingerprint density at radius 3 is 2.20 bits per heavy atom. The number of Topliss-reactive ketones (excluding diaryl/α,β-unsaturated/α-hetero) is 1. The van der Waals surface area contributed by atoms with E-state index in [0.717, 1.165) is 5.56 Å². The van der Waals surface area contributed by atoms with Crippen molar-refractivity contribution >= 4 is 29.8 Å². The Morgan fingerprint density at radius 1 is 1.02 bits per heavy atom. The van der Waals surface area contributed by atoms with Crippen molar-refractivity contribution in [2.45, 2.75) is 162 Å². The lowest BCUT2D eigenvalue weighted by Crippen LogP contribution is -2.79. The van der Waals surface area contributed by atoms with Crippen LogP contribution in [0.25, 0.3) is 0 Å². The number of carbonyl (C=O) groups excluding carboxylic acids is 5. The fourth-order valence-corrected chi connectivity index (χ4v) is 10.5. The van der Waals surface area contributed by atoms with Crippen molar-refractivity contribution in [2.24, 2.45) is 34.0 Å². The maximum absolute atomic E-state index is 15.5. The highest BCUT2D eigenvalue weighted by molar-refractivity contribution is 5.95. The van der Waals surface area contributed by atoms with Gasteiger partial charge in [0.2, 0.25) is 0 Å². The van der Waals surface area contributed by atoms with Gasteiger partial charge in [-0.15, -0.1) is 0 Å². The van der Waals surface area contributed by atoms with E-state index < -0.39 is 106 Å². The smallest absolute Gasteiger partial charge is 0.407 e. The average molecular weight is 826 g/mol. The summed E-state index contributed by atoms with van der Waals surface area (Å²) in [4.78, 5) is 69.0. The summed E-state index contributed by atoms with van der Waals surface area (Å²) in [5.41, 5.74) is -3.51. The third kappa shape index (κ3) is 8.18. The largest absolute Gasteiger partial charge is 0.456 e. The van der Waals surface area contributed by atoms with Crippen LogP contribution in [-0.2, 0) is 54.2 Å². The number of amides is 1. The quantitative estimate of drug-likeness (QED) is 0.151. The van der Waals surface area contributed by atoms with Crippen molar-refractivity contribution in [3.8, 4) is 0 Å². The topological polar surface area (TPSA) is 193 Å². The summed E-state index contributed by atoms with van der Waals surface area (Å²) in [6.45, 7) is 19.2. The van der Waals surface area contributed by atoms with Crippen LogP contribution in [0.4, 0.5) is 4.79 Å². The van der Waals surface area contributed by atoms with E-state index in [4.69, 9.17) is 28.4 Å². The van der Waals surface area contributed by atoms with Crippen molar-refractivity contribution in [1.29, 1.82) is 0 Å². The van der Waals surface area contributed by atoms with E-state index in [1.165, 1.54) is 6.92 Å². The van der Waals surface area contributed by atoms with Gasteiger partial charge in [0.25, 0.3) is 0 Å². The number of aliphatic hydroxyl groups is 2. The molecule has 1 aromatic rings. The number of ketones is 1. The molecule has 1 aliphatic heterocycles. The molecule has 0 aromatic heterocycles. The van der Waals surface area contributed by atoms with Crippen molar-refractivity contribution in [3.05, 3.63) is 47.0 Å². The molecule has 5 aliphatic rings. The molecular weight excluding hydrogens is 762 g/mol. The van der Waals surface area contributed by atoms with Crippen LogP contribution < -0.4 is 5.32 Å². The SMILES string of the molecule is CCC(=O)OC1C(=O)[C@@]2(C)C([C@H](OCc3ccccc3)C3C[C@H](OC(=O)[C@H](O)[C@@H](NC(=O)OC(C)(C)C)[C@H]4CC4(C)C)C(C)=C1C3(C)C)[C@]1(OC(C)=O)CO[C@@H]1C[C@@H]2O. The Morgan fingerprint density at radius 2 is 1.66 bits per heavy atom. The van der Waals surface area contributed by atoms with Gasteiger partial charge in [-0.2, -0.15) is 0 Å². The van der Waals surface area contributed by atoms with Gasteiger partial charge < -0.3 is 44.0 Å². The number of ether oxygens (including phenoxy) is 6. The number of rotatable bonds is 11. The lowest BCUT2D eigenvalue weighted by molar-refractivity contribution is -0.339. The maximum atomic E-state index is 15.5. The van der Waals surface area contributed by atoms with Gasteiger partial charge in [0.05, 0.1) is 36.9 Å². The van der Waals surface area contributed by atoms with E-state index >= 15 is 4.79 Å². The first-order valence-corrected chi connectivity index (χ1v) is 20.9. The Bertz CT molecular complexity index is 1850. The fourth-order valence-electron chi connectivity index (χ4n) is 10.5. The molecule has 12 atom stereocenters. The number of nitrogens with one attached hydrogen (secondary N) is 1. The number of hydrogen-bond donors (Lipinski definition) is 3. The van der Waals surface area contributed by atoms with Crippen molar-refractivity contribution in [3.63, 3.8) is 0 Å². The molecule has 3 saturated carbocycles. The molecule has 4 aliphatic carbocycles. The molecule has 14 nitrogen and oxygen atoms in total. The Hall–Kier alpha value is -3.85.